The molecule has 130 valence electrons. The molecule has 1 fully saturated rings. The van der Waals surface area contributed by atoms with E-state index in [2.05, 4.69) is 9.97 Å². The number of benzene rings is 1. The number of H-pyrrole nitrogens is 1. The van der Waals surface area contributed by atoms with E-state index >= 15 is 0 Å². The molecule has 5 rings (SSSR count). The Balaban J connectivity index is 1.62. The highest BCUT2D eigenvalue weighted by molar-refractivity contribution is 6.08. The van der Waals surface area contributed by atoms with Gasteiger partial charge in [-0.2, -0.15) is 0 Å². The molecule has 0 bridgehead atoms. The van der Waals surface area contributed by atoms with Gasteiger partial charge in [-0.1, -0.05) is 18.2 Å². The molecule has 1 aliphatic heterocycles. The van der Waals surface area contributed by atoms with Gasteiger partial charge >= 0.3 is 5.69 Å². The van der Waals surface area contributed by atoms with Crippen molar-refractivity contribution in [3.05, 3.63) is 68.5 Å². The fourth-order valence-electron chi connectivity index (χ4n) is 3.63. The second-order valence-corrected chi connectivity index (χ2v) is 6.79. The third kappa shape index (κ3) is 2.20. The number of hydrogen-bond donors (Lipinski definition) is 1. The molecule has 0 unspecified atom stereocenters. The number of aromatic nitrogens is 3. The maximum Gasteiger partial charge on any atom is 0.330 e. The summed E-state index contributed by atoms with van der Waals surface area (Å²) in [6.45, 7) is 0.605. The molecule has 2 aliphatic rings. The van der Waals surface area contributed by atoms with Crippen molar-refractivity contribution in [2.75, 3.05) is 11.4 Å². The Morgan fingerprint density at radius 2 is 2.00 bits per heavy atom. The Hall–Kier alpha value is -3.22. The number of rotatable bonds is 2. The summed E-state index contributed by atoms with van der Waals surface area (Å²) in [5.74, 6) is -0.187. The number of carbonyl (C=O) groups is 1. The zero-order chi connectivity index (χ0) is 17.8. The van der Waals surface area contributed by atoms with Crippen LogP contribution in [0.15, 0.2) is 46.1 Å². The van der Waals surface area contributed by atoms with Crippen LogP contribution >= 0.6 is 0 Å². The van der Waals surface area contributed by atoms with Gasteiger partial charge in [-0.05, 0) is 37.0 Å². The standard InChI is InChI=1S/C19H16N4O3/c24-17-14-9-12(10-20-16(14)23(13-5-6-13)19(26)21-17)18(25)22-8-7-11-3-1-2-4-15(11)22/h1-4,9-10,13H,5-8H2,(H,21,24,26). The van der Waals surface area contributed by atoms with Crippen molar-refractivity contribution in [3.8, 4) is 0 Å². The molecule has 3 aromatic rings. The zero-order valence-electron chi connectivity index (χ0n) is 13.9. The minimum Gasteiger partial charge on any atom is -0.308 e. The van der Waals surface area contributed by atoms with Gasteiger partial charge in [-0.25, -0.2) is 9.78 Å². The smallest absolute Gasteiger partial charge is 0.308 e. The summed E-state index contributed by atoms with van der Waals surface area (Å²) in [7, 11) is 0. The molecule has 26 heavy (non-hydrogen) atoms. The van der Waals surface area contributed by atoms with Crippen LogP contribution in [0.5, 0.6) is 0 Å². The molecule has 0 saturated heterocycles. The Kier molecular flexibility index (Phi) is 3.12. The van der Waals surface area contributed by atoms with Crippen LogP contribution in [-0.2, 0) is 6.42 Å². The van der Waals surface area contributed by atoms with Gasteiger partial charge in [0.15, 0.2) is 0 Å². The Morgan fingerprint density at radius 1 is 1.19 bits per heavy atom. The maximum absolute atomic E-state index is 13.0. The van der Waals surface area contributed by atoms with Crippen LogP contribution in [0.1, 0.15) is 34.8 Å². The summed E-state index contributed by atoms with van der Waals surface area (Å²) < 4.78 is 1.52. The molecular formula is C19H16N4O3. The second kappa shape index (κ2) is 5.39. The van der Waals surface area contributed by atoms with Crippen molar-refractivity contribution in [1.29, 1.82) is 0 Å². The Morgan fingerprint density at radius 3 is 2.81 bits per heavy atom. The lowest BCUT2D eigenvalue weighted by Crippen LogP contribution is -2.32. The number of fused-ring (bicyclic) bond motifs is 2. The molecule has 0 spiro atoms. The summed E-state index contributed by atoms with van der Waals surface area (Å²) >= 11 is 0. The third-order valence-corrected chi connectivity index (χ3v) is 5.07. The van der Waals surface area contributed by atoms with Crippen LogP contribution in [0.3, 0.4) is 0 Å². The van der Waals surface area contributed by atoms with Crippen LogP contribution in [0, 0.1) is 0 Å². The first-order valence-electron chi connectivity index (χ1n) is 8.68. The van der Waals surface area contributed by atoms with Crippen molar-refractivity contribution in [3.63, 3.8) is 0 Å². The number of hydrogen-bond acceptors (Lipinski definition) is 4. The predicted molar refractivity (Wildman–Crippen MR) is 96.7 cm³/mol. The van der Waals surface area contributed by atoms with Gasteiger partial charge < -0.3 is 4.90 Å². The number of nitrogens with one attached hydrogen (secondary N) is 1. The van der Waals surface area contributed by atoms with Crippen LogP contribution < -0.4 is 16.1 Å². The topological polar surface area (TPSA) is 88.1 Å². The lowest BCUT2D eigenvalue weighted by molar-refractivity contribution is 0.0989. The van der Waals surface area contributed by atoms with E-state index in [0.717, 1.165) is 30.5 Å². The van der Waals surface area contributed by atoms with E-state index in [1.165, 1.54) is 10.8 Å². The molecule has 7 nitrogen and oxygen atoms in total. The summed E-state index contributed by atoms with van der Waals surface area (Å²) in [4.78, 5) is 45.7. The van der Waals surface area contributed by atoms with E-state index in [1.807, 2.05) is 24.3 Å². The summed E-state index contributed by atoms with van der Waals surface area (Å²) in [5, 5.41) is 0.273. The minimum atomic E-state index is -0.508. The summed E-state index contributed by atoms with van der Waals surface area (Å²) in [6, 6.07) is 9.43. The van der Waals surface area contributed by atoms with Gasteiger partial charge in [-0.3, -0.25) is 19.1 Å². The largest absolute Gasteiger partial charge is 0.330 e. The highest BCUT2D eigenvalue weighted by Gasteiger charge is 2.29. The number of para-hydroxylation sites is 1. The SMILES string of the molecule is O=C(c1cnc2c(c1)c(=O)[nH]c(=O)n2C1CC1)N1CCc2ccccc21. The van der Waals surface area contributed by atoms with Crippen LogP contribution in [0.4, 0.5) is 5.69 Å². The number of amides is 1. The molecule has 1 aromatic carbocycles. The van der Waals surface area contributed by atoms with Gasteiger partial charge in [-0.15, -0.1) is 0 Å². The number of carbonyl (C=O) groups excluding carboxylic acids is 1. The maximum atomic E-state index is 13.0. The molecule has 7 heteroatoms. The van der Waals surface area contributed by atoms with Gasteiger partial charge in [0.2, 0.25) is 0 Å². The van der Waals surface area contributed by atoms with Crippen LogP contribution in [0.25, 0.3) is 11.0 Å². The fraction of sp³-hybridized carbons (Fsp3) is 0.263. The molecule has 3 heterocycles. The quantitative estimate of drug-likeness (QED) is 0.762. The van der Waals surface area contributed by atoms with Crippen LogP contribution in [0.2, 0.25) is 0 Å². The van der Waals surface area contributed by atoms with Crippen molar-refractivity contribution >= 4 is 22.6 Å². The number of aromatic amines is 1. The lowest BCUT2D eigenvalue weighted by atomic mass is 10.1. The second-order valence-electron chi connectivity index (χ2n) is 6.79. The molecule has 1 saturated carbocycles. The van der Waals surface area contributed by atoms with Crippen molar-refractivity contribution < 1.29 is 4.79 Å². The van der Waals surface area contributed by atoms with E-state index in [1.54, 1.807) is 11.0 Å². The Labute approximate surface area is 147 Å². The first-order valence-corrected chi connectivity index (χ1v) is 8.68. The summed E-state index contributed by atoms with van der Waals surface area (Å²) in [6.07, 6.45) is 4.07. The van der Waals surface area contributed by atoms with Crippen molar-refractivity contribution in [2.24, 2.45) is 0 Å². The first-order chi connectivity index (χ1) is 12.6. The van der Waals surface area contributed by atoms with Crippen LogP contribution in [-0.4, -0.2) is 27.0 Å². The predicted octanol–water partition coefficient (Wildman–Crippen LogP) is 1.62. The molecule has 0 atom stereocenters. The molecular weight excluding hydrogens is 332 g/mol. The van der Waals surface area contributed by atoms with Crippen molar-refractivity contribution in [1.82, 2.24) is 14.5 Å². The minimum absolute atomic E-state index is 0.0846. The third-order valence-electron chi connectivity index (χ3n) is 5.07. The molecule has 1 amide bonds. The molecule has 1 N–H and O–H groups in total. The number of anilines is 1. The van der Waals surface area contributed by atoms with Gasteiger partial charge in [0.1, 0.15) is 5.65 Å². The molecule has 2 aromatic heterocycles. The monoisotopic (exact) mass is 348 g/mol. The number of pyridine rings is 1. The summed E-state index contributed by atoms with van der Waals surface area (Å²) in [5.41, 5.74) is 1.78. The van der Waals surface area contributed by atoms with E-state index in [0.29, 0.717) is 17.8 Å². The Bertz CT molecular complexity index is 1170. The molecule has 1 aliphatic carbocycles. The van der Waals surface area contributed by atoms with Gasteiger partial charge in [0, 0.05) is 24.5 Å². The highest BCUT2D eigenvalue weighted by Crippen LogP contribution is 2.35. The van der Waals surface area contributed by atoms with E-state index in [4.69, 9.17) is 0 Å². The van der Waals surface area contributed by atoms with E-state index in [-0.39, 0.29) is 17.3 Å². The van der Waals surface area contributed by atoms with E-state index < -0.39 is 11.2 Å². The lowest BCUT2D eigenvalue weighted by Gasteiger charge is -2.17. The fourth-order valence-corrected chi connectivity index (χ4v) is 3.63. The van der Waals surface area contributed by atoms with Gasteiger partial charge in [0.05, 0.1) is 10.9 Å². The zero-order valence-corrected chi connectivity index (χ0v) is 13.9. The van der Waals surface area contributed by atoms with E-state index in [9.17, 15) is 14.4 Å². The molecule has 0 radical (unpaired) electrons. The average Bonchev–Trinajstić information content (AvgIpc) is 3.39. The average molecular weight is 348 g/mol. The normalized spacial score (nSPS) is 16.1. The van der Waals surface area contributed by atoms with Gasteiger partial charge in [0.25, 0.3) is 11.5 Å². The van der Waals surface area contributed by atoms with Crippen molar-refractivity contribution in [2.45, 2.75) is 25.3 Å². The number of nitrogens with zero attached hydrogens (tertiary/aromatic N) is 3. The first kappa shape index (κ1) is 15.1. The highest BCUT2D eigenvalue weighted by atomic mass is 16.2.